The summed E-state index contributed by atoms with van der Waals surface area (Å²) in [5.74, 6) is 0.0494. The first-order chi connectivity index (χ1) is 12.2. The summed E-state index contributed by atoms with van der Waals surface area (Å²) in [5.41, 5.74) is 1.26. The van der Waals surface area contributed by atoms with Gasteiger partial charge in [0.25, 0.3) is 5.91 Å². The molecule has 0 aliphatic carbocycles. The molecule has 0 spiro atoms. The lowest BCUT2D eigenvalue weighted by Gasteiger charge is -2.22. The Kier molecular flexibility index (Phi) is 8.50. The van der Waals surface area contributed by atoms with Crippen molar-refractivity contribution in [3.8, 4) is 0 Å². The topological polar surface area (TPSA) is 49.4 Å². The van der Waals surface area contributed by atoms with E-state index in [1.807, 2.05) is 29.2 Å². The van der Waals surface area contributed by atoms with Crippen molar-refractivity contribution in [2.45, 2.75) is 71.1 Å². The summed E-state index contributed by atoms with van der Waals surface area (Å²) in [6, 6.07) is 7.39. The molecule has 0 bridgehead atoms. The van der Waals surface area contributed by atoms with E-state index in [1.165, 1.54) is 32.1 Å². The Balaban J connectivity index is 1.92. The van der Waals surface area contributed by atoms with Crippen molar-refractivity contribution in [2.24, 2.45) is 0 Å². The van der Waals surface area contributed by atoms with Crippen LogP contribution >= 0.6 is 0 Å². The Morgan fingerprint density at radius 3 is 2.36 bits per heavy atom. The number of para-hydroxylation sites is 1. The van der Waals surface area contributed by atoms with Crippen LogP contribution < -0.4 is 5.32 Å². The van der Waals surface area contributed by atoms with Crippen LogP contribution in [-0.2, 0) is 4.79 Å². The minimum absolute atomic E-state index is 0.00705. The van der Waals surface area contributed by atoms with E-state index in [2.05, 4.69) is 12.2 Å². The van der Waals surface area contributed by atoms with Crippen LogP contribution in [0.3, 0.4) is 0 Å². The van der Waals surface area contributed by atoms with Crippen LogP contribution in [0, 0.1) is 0 Å². The van der Waals surface area contributed by atoms with Crippen LogP contribution in [0.25, 0.3) is 0 Å². The highest BCUT2D eigenvalue weighted by atomic mass is 16.2. The van der Waals surface area contributed by atoms with E-state index in [9.17, 15) is 9.59 Å². The Morgan fingerprint density at radius 2 is 1.64 bits per heavy atom. The van der Waals surface area contributed by atoms with Gasteiger partial charge in [0.1, 0.15) is 0 Å². The third kappa shape index (κ3) is 6.52. The van der Waals surface area contributed by atoms with Gasteiger partial charge in [0.15, 0.2) is 0 Å². The zero-order chi connectivity index (χ0) is 17.9. The molecule has 1 aromatic rings. The van der Waals surface area contributed by atoms with Gasteiger partial charge in [-0.25, -0.2) is 0 Å². The molecule has 2 rings (SSSR count). The van der Waals surface area contributed by atoms with E-state index >= 15 is 0 Å². The summed E-state index contributed by atoms with van der Waals surface area (Å²) >= 11 is 0. The van der Waals surface area contributed by atoms with Gasteiger partial charge in [-0.3, -0.25) is 9.59 Å². The van der Waals surface area contributed by atoms with E-state index in [0.29, 0.717) is 17.7 Å². The van der Waals surface area contributed by atoms with Crippen molar-refractivity contribution in [3.63, 3.8) is 0 Å². The zero-order valence-corrected chi connectivity index (χ0v) is 15.6. The van der Waals surface area contributed by atoms with Gasteiger partial charge in [-0.1, -0.05) is 57.6 Å². The SMILES string of the molecule is CCCCCCCC(=O)Nc1ccccc1C(=O)N1CCCCCC1. The number of carbonyl (C=O) groups excluding carboxylic acids is 2. The van der Waals surface area contributed by atoms with Crippen LogP contribution in [0.4, 0.5) is 5.69 Å². The molecule has 4 heteroatoms. The highest BCUT2D eigenvalue weighted by Crippen LogP contribution is 2.20. The van der Waals surface area contributed by atoms with Gasteiger partial charge < -0.3 is 10.2 Å². The van der Waals surface area contributed by atoms with Crippen molar-refractivity contribution in [1.29, 1.82) is 0 Å². The fourth-order valence-corrected chi connectivity index (χ4v) is 3.32. The van der Waals surface area contributed by atoms with E-state index in [0.717, 1.165) is 38.8 Å². The summed E-state index contributed by atoms with van der Waals surface area (Å²) in [6.45, 7) is 3.82. The maximum absolute atomic E-state index is 12.9. The number of unbranched alkanes of at least 4 members (excludes halogenated alkanes) is 4. The van der Waals surface area contributed by atoms with Crippen molar-refractivity contribution in [3.05, 3.63) is 29.8 Å². The van der Waals surface area contributed by atoms with Gasteiger partial charge in [-0.15, -0.1) is 0 Å². The second kappa shape index (κ2) is 10.9. The van der Waals surface area contributed by atoms with Crippen LogP contribution in [0.5, 0.6) is 0 Å². The maximum Gasteiger partial charge on any atom is 0.255 e. The third-order valence-electron chi connectivity index (χ3n) is 4.83. The standard InChI is InChI=1S/C21H32N2O2/c1-2-3-4-5-8-15-20(24)22-19-14-10-9-13-18(19)21(25)23-16-11-6-7-12-17-23/h9-10,13-14H,2-8,11-12,15-17H2,1H3,(H,22,24). The number of benzene rings is 1. The number of nitrogens with zero attached hydrogens (tertiary/aromatic N) is 1. The Bertz CT molecular complexity index is 549. The number of anilines is 1. The predicted octanol–water partition coefficient (Wildman–Crippen LogP) is 5.00. The Hall–Kier alpha value is -1.84. The van der Waals surface area contributed by atoms with Gasteiger partial charge in [0.2, 0.25) is 5.91 Å². The molecule has 0 aromatic heterocycles. The molecule has 1 heterocycles. The quantitative estimate of drug-likeness (QED) is 0.675. The molecule has 1 aliphatic heterocycles. The van der Waals surface area contributed by atoms with Gasteiger partial charge >= 0.3 is 0 Å². The number of rotatable bonds is 8. The first-order valence-electron chi connectivity index (χ1n) is 9.90. The predicted molar refractivity (Wildman–Crippen MR) is 103 cm³/mol. The minimum Gasteiger partial charge on any atom is -0.339 e. The lowest BCUT2D eigenvalue weighted by atomic mass is 10.1. The molecular formula is C21H32N2O2. The van der Waals surface area contributed by atoms with Gasteiger partial charge in [-0.2, -0.15) is 0 Å². The number of carbonyl (C=O) groups is 2. The molecule has 1 N–H and O–H groups in total. The van der Waals surface area contributed by atoms with Crippen LogP contribution in [0.1, 0.15) is 81.5 Å². The van der Waals surface area contributed by atoms with Crippen molar-refractivity contribution in [2.75, 3.05) is 18.4 Å². The zero-order valence-electron chi connectivity index (χ0n) is 15.6. The average molecular weight is 344 g/mol. The lowest BCUT2D eigenvalue weighted by molar-refractivity contribution is -0.116. The van der Waals surface area contributed by atoms with Gasteiger partial charge in [0.05, 0.1) is 11.3 Å². The first-order valence-corrected chi connectivity index (χ1v) is 9.90. The van der Waals surface area contributed by atoms with Crippen molar-refractivity contribution in [1.82, 2.24) is 4.90 Å². The second-order valence-corrected chi connectivity index (χ2v) is 6.96. The first kappa shape index (κ1) is 19.5. The molecule has 0 atom stereocenters. The maximum atomic E-state index is 12.9. The number of likely N-dealkylation sites (tertiary alicyclic amines) is 1. The monoisotopic (exact) mass is 344 g/mol. The van der Waals surface area contributed by atoms with E-state index in [-0.39, 0.29) is 11.8 Å². The molecule has 1 aromatic carbocycles. The molecule has 138 valence electrons. The molecule has 4 nitrogen and oxygen atoms in total. The van der Waals surface area contributed by atoms with Crippen LogP contribution in [0.2, 0.25) is 0 Å². The molecule has 2 amide bonds. The smallest absolute Gasteiger partial charge is 0.255 e. The van der Waals surface area contributed by atoms with Gasteiger partial charge in [-0.05, 0) is 31.4 Å². The van der Waals surface area contributed by atoms with E-state index in [1.54, 1.807) is 0 Å². The molecule has 1 saturated heterocycles. The fourth-order valence-electron chi connectivity index (χ4n) is 3.32. The number of amides is 2. The molecule has 1 aliphatic rings. The summed E-state index contributed by atoms with van der Waals surface area (Å²) in [6.07, 6.45) is 10.7. The molecule has 0 radical (unpaired) electrons. The number of hydrogen-bond donors (Lipinski definition) is 1. The number of hydrogen-bond acceptors (Lipinski definition) is 2. The molecule has 1 fully saturated rings. The fraction of sp³-hybridized carbons (Fsp3) is 0.619. The third-order valence-corrected chi connectivity index (χ3v) is 4.83. The summed E-state index contributed by atoms with van der Waals surface area (Å²) < 4.78 is 0. The number of nitrogens with one attached hydrogen (secondary N) is 1. The molecule has 25 heavy (non-hydrogen) atoms. The second-order valence-electron chi connectivity index (χ2n) is 6.96. The highest BCUT2D eigenvalue weighted by molar-refractivity contribution is 6.03. The highest BCUT2D eigenvalue weighted by Gasteiger charge is 2.20. The van der Waals surface area contributed by atoms with Gasteiger partial charge in [0, 0.05) is 19.5 Å². The summed E-state index contributed by atoms with van der Waals surface area (Å²) in [5, 5.41) is 2.95. The van der Waals surface area contributed by atoms with Crippen LogP contribution in [0.15, 0.2) is 24.3 Å². The van der Waals surface area contributed by atoms with E-state index < -0.39 is 0 Å². The Labute approximate surface area is 152 Å². The average Bonchev–Trinajstić information content (AvgIpc) is 2.91. The summed E-state index contributed by atoms with van der Waals surface area (Å²) in [7, 11) is 0. The normalized spacial score (nSPS) is 14.8. The lowest BCUT2D eigenvalue weighted by Crippen LogP contribution is -2.32. The van der Waals surface area contributed by atoms with Crippen LogP contribution in [-0.4, -0.2) is 29.8 Å². The van der Waals surface area contributed by atoms with Crippen molar-refractivity contribution >= 4 is 17.5 Å². The van der Waals surface area contributed by atoms with Crippen molar-refractivity contribution < 1.29 is 9.59 Å². The minimum atomic E-state index is 0.00705. The largest absolute Gasteiger partial charge is 0.339 e. The summed E-state index contributed by atoms with van der Waals surface area (Å²) in [4.78, 5) is 27.0. The van der Waals surface area contributed by atoms with E-state index in [4.69, 9.17) is 0 Å². The molecule has 0 unspecified atom stereocenters. The molecule has 0 saturated carbocycles. The molecular weight excluding hydrogens is 312 g/mol. The Morgan fingerprint density at radius 1 is 0.960 bits per heavy atom.